The quantitative estimate of drug-likeness (QED) is 0.271. The van der Waals surface area contributed by atoms with Crippen molar-refractivity contribution in [3.63, 3.8) is 0 Å². The van der Waals surface area contributed by atoms with Crippen LogP contribution in [0.15, 0.2) is 20.8 Å². The SMILES string of the molecule is CCCCC(I)C(=O)C1(COC)C(C)=CCC(I)=C1C. The number of hydrogen-bond donors (Lipinski definition) is 0. The molecule has 114 valence electrons. The number of ether oxygens (including phenoxy) is 1. The zero-order chi connectivity index (χ0) is 15.3. The van der Waals surface area contributed by atoms with E-state index in [0.717, 1.165) is 31.3 Å². The average Bonchev–Trinajstić information content (AvgIpc) is 2.44. The van der Waals surface area contributed by atoms with Gasteiger partial charge < -0.3 is 4.74 Å². The van der Waals surface area contributed by atoms with Crippen LogP contribution >= 0.6 is 45.2 Å². The zero-order valence-electron chi connectivity index (χ0n) is 12.8. The highest BCUT2D eigenvalue weighted by Crippen LogP contribution is 2.46. The maximum Gasteiger partial charge on any atom is 0.162 e. The molecule has 1 aliphatic carbocycles. The van der Waals surface area contributed by atoms with Crippen molar-refractivity contribution in [3.05, 3.63) is 20.8 Å². The molecule has 0 saturated heterocycles. The van der Waals surface area contributed by atoms with Crippen LogP contribution < -0.4 is 0 Å². The summed E-state index contributed by atoms with van der Waals surface area (Å²) >= 11 is 4.68. The van der Waals surface area contributed by atoms with E-state index in [0.29, 0.717) is 12.4 Å². The molecule has 0 spiro atoms. The van der Waals surface area contributed by atoms with Gasteiger partial charge in [-0.2, -0.15) is 0 Å². The molecule has 0 saturated carbocycles. The summed E-state index contributed by atoms with van der Waals surface area (Å²) in [4.78, 5) is 13.1. The number of Topliss-reactive ketones (excluding diaryl/α,β-unsaturated/α-hetero) is 1. The van der Waals surface area contributed by atoms with E-state index in [1.54, 1.807) is 7.11 Å². The van der Waals surface area contributed by atoms with E-state index < -0.39 is 5.41 Å². The molecule has 0 bridgehead atoms. The zero-order valence-corrected chi connectivity index (χ0v) is 17.1. The van der Waals surface area contributed by atoms with Gasteiger partial charge in [0.05, 0.1) is 15.9 Å². The Balaban J connectivity index is 3.17. The Morgan fingerprint density at radius 3 is 2.70 bits per heavy atom. The van der Waals surface area contributed by atoms with Gasteiger partial charge in [-0.15, -0.1) is 0 Å². The molecule has 1 aliphatic rings. The molecule has 0 aromatic carbocycles. The number of halogens is 2. The second-order valence-corrected chi connectivity index (χ2v) is 8.24. The predicted octanol–water partition coefficient (Wildman–Crippen LogP) is 5.24. The molecular weight excluding hydrogens is 478 g/mol. The summed E-state index contributed by atoms with van der Waals surface area (Å²) in [6.07, 6.45) is 6.32. The number of methoxy groups -OCH3 is 1. The van der Waals surface area contributed by atoms with Crippen molar-refractivity contribution in [2.75, 3.05) is 13.7 Å². The Hall–Kier alpha value is 0.570. The third-order valence-corrected chi connectivity index (χ3v) is 6.62. The summed E-state index contributed by atoms with van der Waals surface area (Å²) in [5.41, 5.74) is 1.80. The number of rotatable bonds is 7. The molecule has 2 unspecified atom stereocenters. The monoisotopic (exact) mass is 502 g/mol. The van der Waals surface area contributed by atoms with Crippen molar-refractivity contribution >= 4 is 51.0 Å². The van der Waals surface area contributed by atoms with E-state index in [9.17, 15) is 4.79 Å². The van der Waals surface area contributed by atoms with Crippen LogP contribution in [0.3, 0.4) is 0 Å². The van der Waals surface area contributed by atoms with E-state index in [1.165, 1.54) is 9.15 Å². The minimum Gasteiger partial charge on any atom is -0.383 e. The molecule has 0 aromatic heterocycles. The number of carbonyl (C=O) groups excluding carboxylic acids is 1. The van der Waals surface area contributed by atoms with Gasteiger partial charge in [0, 0.05) is 7.11 Å². The molecular formula is C16H24I2O2. The van der Waals surface area contributed by atoms with Crippen molar-refractivity contribution in [3.8, 4) is 0 Å². The normalized spacial score (nSPS) is 24.6. The van der Waals surface area contributed by atoms with Gasteiger partial charge >= 0.3 is 0 Å². The number of carbonyl (C=O) groups is 1. The van der Waals surface area contributed by atoms with Crippen LogP contribution in [0, 0.1) is 5.41 Å². The average molecular weight is 502 g/mol. The van der Waals surface area contributed by atoms with Crippen molar-refractivity contribution in [1.82, 2.24) is 0 Å². The fraction of sp³-hybridized carbons (Fsp3) is 0.688. The summed E-state index contributed by atoms with van der Waals surface area (Å²) in [5, 5.41) is 0. The first-order valence-electron chi connectivity index (χ1n) is 7.12. The number of unbranched alkanes of at least 4 members (excludes halogenated alkanes) is 1. The highest BCUT2D eigenvalue weighted by atomic mass is 127. The smallest absolute Gasteiger partial charge is 0.162 e. The maximum atomic E-state index is 13.1. The van der Waals surface area contributed by atoms with Gasteiger partial charge in [0.1, 0.15) is 0 Å². The molecule has 0 radical (unpaired) electrons. The fourth-order valence-corrected chi connectivity index (χ4v) is 4.42. The number of alkyl halides is 1. The Kier molecular flexibility index (Phi) is 7.70. The van der Waals surface area contributed by atoms with Crippen molar-refractivity contribution in [2.45, 2.75) is 50.4 Å². The van der Waals surface area contributed by atoms with E-state index in [2.05, 4.69) is 72.0 Å². The van der Waals surface area contributed by atoms with Crippen LogP contribution in [0.1, 0.15) is 46.5 Å². The van der Waals surface area contributed by atoms with Gasteiger partial charge in [0.15, 0.2) is 5.78 Å². The van der Waals surface area contributed by atoms with Crippen molar-refractivity contribution < 1.29 is 9.53 Å². The first-order valence-corrected chi connectivity index (χ1v) is 9.44. The van der Waals surface area contributed by atoms with Gasteiger partial charge in [-0.3, -0.25) is 4.79 Å². The maximum absolute atomic E-state index is 13.1. The van der Waals surface area contributed by atoms with Crippen LogP contribution in [0.4, 0.5) is 0 Å². The molecule has 0 aliphatic heterocycles. The Morgan fingerprint density at radius 1 is 1.50 bits per heavy atom. The van der Waals surface area contributed by atoms with Crippen LogP contribution in [0.2, 0.25) is 0 Å². The lowest BCUT2D eigenvalue weighted by Gasteiger charge is -2.38. The van der Waals surface area contributed by atoms with Crippen LogP contribution in [0.25, 0.3) is 0 Å². The summed E-state index contributed by atoms with van der Waals surface area (Å²) in [7, 11) is 1.69. The molecule has 0 heterocycles. The molecule has 0 aromatic rings. The largest absolute Gasteiger partial charge is 0.383 e. The highest BCUT2D eigenvalue weighted by molar-refractivity contribution is 14.1. The molecule has 0 N–H and O–H groups in total. The van der Waals surface area contributed by atoms with Crippen LogP contribution in [-0.4, -0.2) is 23.4 Å². The fourth-order valence-electron chi connectivity index (χ4n) is 2.77. The van der Waals surface area contributed by atoms with E-state index in [4.69, 9.17) is 4.74 Å². The Bertz CT molecular complexity index is 426. The molecule has 0 amide bonds. The lowest BCUT2D eigenvalue weighted by Crippen LogP contribution is -2.43. The first kappa shape index (κ1) is 18.6. The molecule has 0 fully saturated rings. The molecule has 1 rings (SSSR count). The van der Waals surface area contributed by atoms with E-state index in [1.807, 2.05) is 0 Å². The lowest BCUT2D eigenvalue weighted by molar-refractivity contribution is -0.126. The number of ketones is 1. The summed E-state index contributed by atoms with van der Waals surface area (Å²) in [6.45, 7) is 6.79. The van der Waals surface area contributed by atoms with Gasteiger partial charge in [-0.05, 0) is 58.4 Å². The van der Waals surface area contributed by atoms with Crippen molar-refractivity contribution in [1.29, 1.82) is 0 Å². The van der Waals surface area contributed by atoms with Gasteiger partial charge in [0.2, 0.25) is 0 Å². The molecule has 20 heavy (non-hydrogen) atoms. The van der Waals surface area contributed by atoms with Gasteiger partial charge in [-0.25, -0.2) is 0 Å². The third kappa shape index (κ3) is 3.66. The van der Waals surface area contributed by atoms with Gasteiger partial charge in [0.25, 0.3) is 0 Å². The first-order chi connectivity index (χ1) is 9.41. The summed E-state index contributed by atoms with van der Waals surface area (Å²) < 4.78 is 6.78. The highest BCUT2D eigenvalue weighted by Gasteiger charge is 2.46. The third-order valence-electron chi connectivity index (χ3n) is 4.18. The van der Waals surface area contributed by atoms with E-state index in [-0.39, 0.29) is 3.92 Å². The number of allylic oxidation sites excluding steroid dienone is 2. The van der Waals surface area contributed by atoms with Gasteiger partial charge in [-0.1, -0.05) is 54.0 Å². The van der Waals surface area contributed by atoms with Crippen LogP contribution in [-0.2, 0) is 9.53 Å². The summed E-state index contributed by atoms with van der Waals surface area (Å²) in [6, 6.07) is 0. The molecule has 4 heteroatoms. The predicted molar refractivity (Wildman–Crippen MR) is 102 cm³/mol. The minimum atomic E-state index is -0.539. The Labute approximate surface area is 150 Å². The second kappa shape index (κ2) is 8.27. The molecule has 2 atom stereocenters. The van der Waals surface area contributed by atoms with Crippen molar-refractivity contribution in [2.24, 2.45) is 5.41 Å². The topological polar surface area (TPSA) is 26.3 Å². The standard InChI is InChI=1S/C16H24I2O2/c1-5-6-7-14(18)15(19)16(10-20-4)11(2)8-9-13(17)12(16)3/h8,14H,5-7,9-10H2,1-4H3. The Morgan fingerprint density at radius 2 is 2.15 bits per heavy atom. The molecule has 2 nitrogen and oxygen atoms in total. The minimum absolute atomic E-state index is 0.0586. The lowest BCUT2D eigenvalue weighted by atomic mass is 9.68. The summed E-state index contributed by atoms with van der Waals surface area (Å²) in [5.74, 6) is 0.313. The van der Waals surface area contributed by atoms with Crippen LogP contribution in [0.5, 0.6) is 0 Å². The second-order valence-electron chi connectivity index (χ2n) is 5.43. The number of hydrogen-bond acceptors (Lipinski definition) is 2. The van der Waals surface area contributed by atoms with E-state index >= 15 is 0 Å².